The van der Waals surface area contributed by atoms with E-state index in [-0.39, 0.29) is 24.2 Å². The molecule has 0 saturated heterocycles. The largest absolute Gasteiger partial charge is 0.445 e. The fraction of sp³-hybridized carbons (Fsp3) is 0.281. The molecule has 0 spiro atoms. The van der Waals surface area contributed by atoms with Gasteiger partial charge in [-0.25, -0.2) is 9.78 Å². The number of aromatic nitrogens is 5. The molecule has 1 atom stereocenters. The van der Waals surface area contributed by atoms with Crippen LogP contribution in [0.4, 0.5) is 4.79 Å². The van der Waals surface area contributed by atoms with Crippen LogP contribution in [0.5, 0.6) is 0 Å². The van der Waals surface area contributed by atoms with Gasteiger partial charge in [0, 0.05) is 42.6 Å². The molecule has 12 heteroatoms. The lowest BCUT2D eigenvalue weighted by molar-refractivity contribution is 0.0443. The molecule has 0 bridgehead atoms. The van der Waals surface area contributed by atoms with Gasteiger partial charge in [-0.15, -0.1) is 10.2 Å². The molecule has 0 fully saturated rings. The lowest BCUT2D eigenvalue weighted by atomic mass is 9.92. The Morgan fingerprint density at radius 2 is 1.68 bits per heavy atom. The molecule has 0 aliphatic heterocycles. The predicted molar refractivity (Wildman–Crippen MR) is 160 cm³/mol. The first kappa shape index (κ1) is 30.1. The van der Waals surface area contributed by atoms with Crippen molar-refractivity contribution in [2.45, 2.75) is 51.8 Å². The number of carbonyl (C=O) groups excluding carboxylic acids is 2. The number of ether oxygens (including phenoxy) is 1. The van der Waals surface area contributed by atoms with Crippen LogP contribution in [0.15, 0.2) is 88.4 Å². The molecule has 5 aromatic rings. The Kier molecular flexibility index (Phi) is 8.52. The summed E-state index contributed by atoms with van der Waals surface area (Å²) in [5.41, 5.74) is 1.12. The summed E-state index contributed by atoms with van der Waals surface area (Å²) >= 11 is 0. The number of hydrogen-bond donors (Lipinski definition) is 1. The molecule has 5 rings (SSSR count). The van der Waals surface area contributed by atoms with Crippen LogP contribution >= 0.6 is 0 Å². The summed E-state index contributed by atoms with van der Waals surface area (Å²) in [6, 6.07) is 14.7. The van der Waals surface area contributed by atoms with E-state index in [0.29, 0.717) is 34.7 Å². The van der Waals surface area contributed by atoms with E-state index in [4.69, 9.17) is 13.6 Å². The molecule has 3 aromatic heterocycles. The number of carbonyl (C=O) groups is 2. The number of nitrogens with zero attached hydrogens (tertiary/aromatic N) is 6. The third-order valence-corrected chi connectivity index (χ3v) is 6.54. The number of hydrogen-bond acceptors (Lipinski definition) is 10. The van der Waals surface area contributed by atoms with Crippen LogP contribution in [0.25, 0.3) is 22.9 Å². The topological polar surface area (TPSA) is 149 Å². The van der Waals surface area contributed by atoms with Gasteiger partial charge < -0.3 is 23.8 Å². The molecule has 226 valence electrons. The highest BCUT2D eigenvalue weighted by molar-refractivity contribution is 5.96. The summed E-state index contributed by atoms with van der Waals surface area (Å²) in [5, 5.41) is 11.6. The first-order valence-electron chi connectivity index (χ1n) is 13.9. The second kappa shape index (κ2) is 12.5. The molecule has 12 nitrogen and oxygen atoms in total. The minimum Gasteiger partial charge on any atom is -0.445 e. The highest BCUT2D eigenvalue weighted by Gasteiger charge is 2.37. The Bertz CT molecular complexity index is 1720. The van der Waals surface area contributed by atoms with Crippen LogP contribution < -0.4 is 5.32 Å². The quantitative estimate of drug-likeness (QED) is 0.233. The molecule has 44 heavy (non-hydrogen) atoms. The number of oxazole rings is 1. The molecular formula is C32H33N7O5. The van der Waals surface area contributed by atoms with Gasteiger partial charge in [0.2, 0.25) is 17.7 Å². The molecule has 2 amide bonds. The molecular weight excluding hydrogens is 562 g/mol. The third kappa shape index (κ3) is 7.33. The van der Waals surface area contributed by atoms with E-state index >= 15 is 0 Å². The van der Waals surface area contributed by atoms with Gasteiger partial charge in [0.15, 0.2) is 0 Å². The maximum absolute atomic E-state index is 13.6. The molecule has 0 aliphatic carbocycles. The summed E-state index contributed by atoms with van der Waals surface area (Å²) in [7, 11) is 1.68. The van der Waals surface area contributed by atoms with Crippen molar-refractivity contribution >= 4 is 12.0 Å². The minimum absolute atomic E-state index is 0.143. The highest BCUT2D eigenvalue weighted by atomic mass is 16.6. The Balaban J connectivity index is 1.50. The molecule has 1 N–H and O–H groups in total. The Hall–Kier alpha value is -5.39. The van der Waals surface area contributed by atoms with Crippen molar-refractivity contribution in [3.05, 3.63) is 102 Å². The summed E-state index contributed by atoms with van der Waals surface area (Å²) in [6.45, 7) is 7.41. The molecule has 0 aliphatic rings. The maximum Gasteiger partial charge on any atom is 0.408 e. The summed E-state index contributed by atoms with van der Waals surface area (Å²) in [6.07, 6.45) is 7.45. The second-order valence-corrected chi connectivity index (χ2v) is 11.5. The van der Waals surface area contributed by atoms with Gasteiger partial charge >= 0.3 is 6.09 Å². The van der Waals surface area contributed by atoms with Crippen LogP contribution in [-0.4, -0.2) is 54.7 Å². The van der Waals surface area contributed by atoms with Crippen molar-refractivity contribution in [1.82, 2.24) is 35.4 Å². The van der Waals surface area contributed by atoms with Gasteiger partial charge in [-0.1, -0.05) is 30.3 Å². The van der Waals surface area contributed by atoms with E-state index in [1.54, 1.807) is 71.5 Å². The first-order valence-corrected chi connectivity index (χ1v) is 13.9. The summed E-state index contributed by atoms with van der Waals surface area (Å²) < 4.78 is 17.3. The summed E-state index contributed by atoms with van der Waals surface area (Å²) in [5.74, 6) is 0.351. The molecule has 0 unspecified atom stereocenters. The third-order valence-electron chi connectivity index (χ3n) is 6.54. The van der Waals surface area contributed by atoms with E-state index in [1.165, 1.54) is 17.4 Å². The average Bonchev–Trinajstić information content (AvgIpc) is 3.70. The Morgan fingerprint density at radius 3 is 2.34 bits per heavy atom. The van der Waals surface area contributed by atoms with Gasteiger partial charge in [0.1, 0.15) is 17.4 Å². The smallest absolute Gasteiger partial charge is 0.408 e. The van der Waals surface area contributed by atoms with Crippen molar-refractivity contribution in [1.29, 1.82) is 0 Å². The normalized spacial score (nSPS) is 12.8. The van der Waals surface area contributed by atoms with Gasteiger partial charge in [-0.3, -0.25) is 14.8 Å². The SMILES string of the molecule is CN(Cc1cnccn1)C(=O)c1cc(-c2ncco2)cc(-c2nnc([C@@](C)(Cc3ccccc3)NC(=O)OC(C)(C)C)o2)c1. The maximum atomic E-state index is 13.6. The van der Waals surface area contributed by atoms with Gasteiger partial charge in [-0.05, 0) is 51.5 Å². The molecule has 2 aromatic carbocycles. The standard InChI is InChI=1S/C32H33N7O5/c1-31(2,3)44-30(41)36-32(4,18-21-9-7-6-8-10-21)29-38-37-27(43-29)23-15-22(26-35-13-14-42-26)16-24(17-23)28(40)39(5)20-25-19-33-11-12-34-25/h6-17,19H,18,20H2,1-5H3,(H,36,41)/t32-/m1/s1. The van der Waals surface area contributed by atoms with E-state index in [1.807, 2.05) is 30.3 Å². The van der Waals surface area contributed by atoms with Gasteiger partial charge in [0.25, 0.3) is 5.91 Å². The van der Waals surface area contributed by atoms with Crippen LogP contribution in [-0.2, 0) is 23.2 Å². The fourth-order valence-electron chi connectivity index (χ4n) is 4.58. The number of nitrogens with one attached hydrogen (secondary N) is 1. The minimum atomic E-state index is -1.12. The van der Waals surface area contributed by atoms with E-state index in [9.17, 15) is 9.59 Å². The van der Waals surface area contributed by atoms with E-state index in [2.05, 4.69) is 30.5 Å². The van der Waals surface area contributed by atoms with Crippen LogP contribution in [0, 0.1) is 0 Å². The van der Waals surface area contributed by atoms with E-state index in [0.717, 1.165) is 5.56 Å². The first-order chi connectivity index (χ1) is 21.0. The van der Waals surface area contributed by atoms with Gasteiger partial charge in [-0.2, -0.15) is 0 Å². The number of benzene rings is 2. The number of alkyl carbamates (subject to hydrolysis) is 1. The number of amides is 2. The second-order valence-electron chi connectivity index (χ2n) is 11.5. The lowest BCUT2D eigenvalue weighted by Gasteiger charge is -2.29. The van der Waals surface area contributed by atoms with Gasteiger partial charge in [0.05, 0.1) is 24.6 Å². The average molecular weight is 596 g/mol. The molecule has 0 radical (unpaired) electrons. The zero-order valence-corrected chi connectivity index (χ0v) is 25.1. The Labute approximate surface area is 254 Å². The zero-order chi connectivity index (χ0) is 31.3. The monoisotopic (exact) mass is 595 g/mol. The molecule has 0 saturated carbocycles. The number of rotatable bonds is 9. The van der Waals surface area contributed by atoms with Crippen molar-refractivity contribution in [3.8, 4) is 22.9 Å². The van der Waals surface area contributed by atoms with Crippen molar-refractivity contribution in [3.63, 3.8) is 0 Å². The zero-order valence-electron chi connectivity index (χ0n) is 25.1. The van der Waals surface area contributed by atoms with E-state index < -0.39 is 17.2 Å². The predicted octanol–water partition coefficient (Wildman–Crippen LogP) is 5.44. The highest BCUT2D eigenvalue weighted by Crippen LogP contribution is 2.31. The fourth-order valence-corrected chi connectivity index (χ4v) is 4.58. The lowest BCUT2D eigenvalue weighted by Crippen LogP contribution is -2.47. The van der Waals surface area contributed by atoms with Crippen LogP contribution in [0.3, 0.4) is 0 Å². The van der Waals surface area contributed by atoms with Crippen molar-refractivity contribution < 1.29 is 23.2 Å². The summed E-state index contributed by atoms with van der Waals surface area (Å²) in [4.78, 5) is 40.6. The van der Waals surface area contributed by atoms with Crippen molar-refractivity contribution in [2.24, 2.45) is 0 Å². The Morgan fingerprint density at radius 1 is 0.932 bits per heavy atom. The van der Waals surface area contributed by atoms with Crippen LogP contribution in [0.1, 0.15) is 55.2 Å². The molecule has 3 heterocycles. The van der Waals surface area contributed by atoms with Crippen LogP contribution in [0.2, 0.25) is 0 Å². The van der Waals surface area contributed by atoms with Crippen molar-refractivity contribution in [2.75, 3.05) is 7.05 Å².